The van der Waals surface area contributed by atoms with E-state index in [1.807, 2.05) is 20.8 Å². The van der Waals surface area contributed by atoms with Gasteiger partial charge in [0.2, 0.25) is 0 Å². The predicted molar refractivity (Wildman–Crippen MR) is 98.3 cm³/mol. The van der Waals surface area contributed by atoms with Crippen LogP contribution in [-0.2, 0) is 0 Å². The Hall–Kier alpha value is -2.80. The van der Waals surface area contributed by atoms with Crippen LogP contribution in [0.25, 0.3) is 0 Å². The van der Waals surface area contributed by atoms with E-state index in [1.165, 1.54) is 0 Å². The van der Waals surface area contributed by atoms with Crippen molar-refractivity contribution in [2.24, 2.45) is 0 Å². The molecule has 0 aromatic heterocycles. The molecule has 26 heavy (non-hydrogen) atoms. The second-order valence-corrected chi connectivity index (χ2v) is 6.55. The summed E-state index contributed by atoms with van der Waals surface area (Å²) in [5.74, 6) is -0.567. The van der Waals surface area contributed by atoms with Gasteiger partial charge in [-0.2, -0.15) is 0 Å². The summed E-state index contributed by atoms with van der Waals surface area (Å²) in [4.78, 5) is 33.8. The number of hydrogen-bond acceptors (Lipinski definition) is 5. The summed E-state index contributed by atoms with van der Waals surface area (Å²) in [6, 6.07) is 1.74. The average Bonchev–Trinajstić information content (AvgIpc) is 2.57. The van der Waals surface area contributed by atoms with Gasteiger partial charge in [-0.1, -0.05) is 11.6 Å². The minimum Gasteiger partial charge on any atom is -0.289 e. The maximum absolute atomic E-state index is 13.1. The van der Waals surface area contributed by atoms with Crippen LogP contribution in [0.2, 0.25) is 5.02 Å². The van der Waals surface area contributed by atoms with Gasteiger partial charge < -0.3 is 0 Å². The zero-order valence-corrected chi connectivity index (χ0v) is 15.7. The van der Waals surface area contributed by atoms with Crippen molar-refractivity contribution in [3.05, 3.63) is 76.3 Å². The molecule has 0 atom stereocenters. The maximum atomic E-state index is 13.1. The predicted octanol–water partition coefficient (Wildman–Crippen LogP) is 4.93. The number of ketones is 1. The van der Waals surface area contributed by atoms with Gasteiger partial charge in [0.1, 0.15) is 5.02 Å². The molecule has 7 nitrogen and oxygen atoms in total. The lowest BCUT2D eigenvalue weighted by Crippen LogP contribution is -2.12. The Labute approximate surface area is 154 Å². The second kappa shape index (κ2) is 6.84. The SMILES string of the molecule is Cc1c(C)c(C)c(C(=O)c2cc([N+](=O)[O-])cc([N+](=O)[O-])c2Cl)c(C)c1C. The molecule has 0 amide bonds. The van der Waals surface area contributed by atoms with Crippen LogP contribution in [0.15, 0.2) is 12.1 Å². The molecule has 0 bridgehead atoms. The first-order valence-corrected chi connectivity index (χ1v) is 8.10. The van der Waals surface area contributed by atoms with Crippen molar-refractivity contribution in [2.45, 2.75) is 34.6 Å². The molecule has 2 aromatic carbocycles. The molecule has 0 aliphatic heterocycles. The molecular weight excluding hydrogens is 360 g/mol. The average molecular weight is 377 g/mol. The first-order valence-electron chi connectivity index (χ1n) is 7.73. The van der Waals surface area contributed by atoms with E-state index in [0.29, 0.717) is 5.56 Å². The fourth-order valence-electron chi connectivity index (χ4n) is 2.97. The molecule has 0 saturated heterocycles. The summed E-state index contributed by atoms with van der Waals surface area (Å²) in [6.07, 6.45) is 0. The molecule has 0 saturated carbocycles. The van der Waals surface area contributed by atoms with Gasteiger partial charge >= 0.3 is 0 Å². The number of carbonyl (C=O) groups is 1. The van der Waals surface area contributed by atoms with Gasteiger partial charge in [0.25, 0.3) is 11.4 Å². The van der Waals surface area contributed by atoms with Gasteiger partial charge in [0, 0.05) is 11.6 Å². The Morgan fingerprint density at radius 3 is 1.73 bits per heavy atom. The molecule has 0 radical (unpaired) electrons. The van der Waals surface area contributed by atoms with Crippen molar-refractivity contribution >= 4 is 28.8 Å². The van der Waals surface area contributed by atoms with E-state index >= 15 is 0 Å². The van der Waals surface area contributed by atoms with Crippen molar-refractivity contribution < 1.29 is 14.6 Å². The van der Waals surface area contributed by atoms with Crippen LogP contribution in [0.5, 0.6) is 0 Å². The van der Waals surface area contributed by atoms with Crippen LogP contribution in [0, 0.1) is 54.8 Å². The molecular formula is C18H17ClN2O5. The van der Waals surface area contributed by atoms with Crippen molar-refractivity contribution in [1.82, 2.24) is 0 Å². The zero-order valence-electron chi connectivity index (χ0n) is 15.0. The summed E-state index contributed by atoms with van der Waals surface area (Å²) in [5, 5.41) is 21.9. The molecule has 2 rings (SSSR count). The standard InChI is InChI=1S/C18H17ClN2O5/c1-8-9(2)11(4)16(12(5)10(8)3)18(22)14-6-13(20(23)24)7-15(17(14)19)21(25)26/h6-7H,1-5H3. The molecule has 0 aliphatic carbocycles. The van der Waals surface area contributed by atoms with Crippen molar-refractivity contribution in [3.63, 3.8) is 0 Å². The van der Waals surface area contributed by atoms with E-state index in [-0.39, 0.29) is 5.56 Å². The summed E-state index contributed by atoms with van der Waals surface area (Å²) < 4.78 is 0. The molecule has 0 N–H and O–H groups in total. The Balaban J connectivity index is 2.84. The Morgan fingerprint density at radius 2 is 1.31 bits per heavy atom. The highest BCUT2D eigenvalue weighted by Crippen LogP contribution is 2.36. The van der Waals surface area contributed by atoms with E-state index in [2.05, 4.69) is 0 Å². The third kappa shape index (κ3) is 3.06. The van der Waals surface area contributed by atoms with E-state index in [0.717, 1.165) is 39.9 Å². The lowest BCUT2D eigenvalue weighted by atomic mass is 9.86. The lowest BCUT2D eigenvalue weighted by molar-refractivity contribution is -0.394. The van der Waals surface area contributed by atoms with Gasteiger partial charge in [-0.15, -0.1) is 0 Å². The fourth-order valence-corrected chi connectivity index (χ4v) is 3.24. The highest BCUT2D eigenvalue weighted by atomic mass is 35.5. The van der Waals surface area contributed by atoms with Crippen molar-refractivity contribution in [2.75, 3.05) is 0 Å². The van der Waals surface area contributed by atoms with Crippen LogP contribution in [0.4, 0.5) is 11.4 Å². The third-order valence-corrected chi connectivity index (χ3v) is 5.31. The number of benzene rings is 2. The topological polar surface area (TPSA) is 103 Å². The van der Waals surface area contributed by atoms with Gasteiger partial charge in [0.05, 0.1) is 21.5 Å². The highest BCUT2D eigenvalue weighted by Gasteiger charge is 2.29. The number of non-ortho nitro benzene ring substituents is 1. The van der Waals surface area contributed by atoms with Crippen molar-refractivity contribution in [1.29, 1.82) is 0 Å². The molecule has 0 spiro atoms. The van der Waals surface area contributed by atoms with E-state index in [4.69, 9.17) is 11.6 Å². The number of nitro groups is 2. The second-order valence-electron chi connectivity index (χ2n) is 6.17. The lowest BCUT2D eigenvalue weighted by Gasteiger charge is -2.18. The molecule has 0 heterocycles. The number of halogens is 1. The molecule has 2 aromatic rings. The van der Waals surface area contributed by atoms with Crippen LogP contribution in [0.3, 0.4) is 0 Å². The van der Waals surface area contributed by atoms with Crippen LogP contribution in [-0.4, -0.2) is 15.6 Å². The molecule has 136 valence electrons. The number of rotatable bonds is 4. The first-order chi connectivity index (χ1) is 12.0. The summed E-state index contributed by atoms with van der Waals surface area (Å²) >= 11 is 6.06. The molecule has 0 unspecified atom stereocenters. The Morgan fingerprint density at radius 1 is 0.846 bits per heavy atom. The minimum atomic E-state index is -0.836. The highest BCUT2D eigenvalue weighted by molar-refractivity contribution is 6.37. The van der Waals surface area contributed by atoms with E-state index < -0.39 is 32.0 Å². The van der Waals surface area contributed by atoms with Crippen LogP contribution < -0.4 is 0 Å². The number of nitro benzene ring substituents is 2. The minimum absolute atomic E-state index is 0.249. The Bertz CT molecular complexity index is 953. The molecule has 8 heteroatoms. The fraction of sp³-hybridized carbons (Fsp3) is 0.278. The molecule has 0 aliphatic rings. The normalized spacial score (nSPS) is 10.7. The first kappa shape index (κ1) is 19.5. The molecule has 0 fully saturated rings. The maximum Gasteiger partial charge on any atom is 0.295 e. The monoisotopic (exact) mass is 376 g/mol. The summed E-state index contributed by atoms with van der Waals surface area (Å²) in [7, 11) is 0. The van der Waals surface area contributed by atoms with Crippen LogP contribution in [0.1, 0.15) is 43.7 Å². The van der Waals surface area contributed by atoms with Gasteiger partial charge in [-0.3, -0.25) is 25.0 Å². The largest absolute Gasteiger partial charge is 0.295 e. The quantitative estimate of drug-likeness (QED) is 0.427. The third-order valence-electron chi connectivity index (χ3n) is 4.92. The van der Waals surface area contributed by atoms with Crippen LogP contribution >= 0.6 is 11.6 Å². The summed E-state index contributed by atoms with van der Waals surface area (Å²) in [5.41, 5.74) is 3.23. The van der Waals surface area contributed by atoms with Gasteiger partial charge in [-0.05, 0) is 62.4 Å². The summed E-state index contributed by atoms with van der Waals surface area (Å²) in [6.45, 7) is 9.27. The van der Waals surface area contributed by atoms with Crippen molar-refractivity contribution in [3.8, 4) is 0 Å². The van der Waals surface area contributed by atoms with Gasteiger partial charge in [-0.25, -0.2) is 0 Å². The zero-order chi connectivity index (χ0) is 19.9. The number of hydrogen-bond donors (Lipinski definition) is 0. The number of carbonyl (C=O) groups excluding carboxylic acids is 1. The smallest absolute Gasteiger partial charge is 0.289 e. The Kier molecular flexibility index (Phi) is 5.13. The number of nitrogens with zero attached hydrogens (tertiary/aromatic N) is 2. The van der Waals surface area contributed by atoms with E-state index in [1.54, 1.807) is 13.8 Å². The van der Waals surface area contributed by atoms with Gasteiger partial charge in [0.15, 0.2) is 5.78 Å². The van der Waals surface area contributed by atoms with E-state index in [9.17, 15) is 25.0 Å².